The van der Waals surface area contributed by atoms with Crippen LogP contribution in [0.15, 0.2) is 29.9 Å². The molecule has 0 aliphatic carbocycles. The molecule has 3 heterocycles. The maximum Gasteiger partial charge on any atom is 0.0897 e. The van der Waals surface area contributed by atoms with Gasteiger partial charge < -0.3 is 10.2 Å². The molecule has 2 aromatic rings. The molecule has 0 saturated carbocycles. The zero-order valence-corrected chi connectivity index (χ0v) is 12.6. The lowest BCUT2D eigenvalue weighted by molar-refractivity contribution is 0.412. The van der Waals surface area contributed by atoms with Gasteiger partial charge in [0.05, 0.1) is 10.7 Å². The first-order valence-corrected chi connectivity index (χ1v) is 7.98. The van der Waals surface area contributed by atoms with E-state index < -0.39 is 0 Å². The van der Waals surface area contributed by atoms with Gasteiger partial charge in [0.25, 0.3) is 0 Å². The lowest BCUT2D eigenvalue weighted by atomic mass is 10.0. The van der Waals surface area contributed by atoms with Crippen LogP contribution in [-0.4, -0.2) is 29.1 Å². The molecule has 2 aromatic heterocycles. The van der Waals surface area contributed by atoms with Gasteiger partial charge in [-0.2, -0.15) is 0 Å². The Morgan fingerprint density at radius 2 is 2.05 bits per heavy atom. The molecule has 106 valence electrons. The minimum absolute atomic E-state index is 0.607. The minimum atomic E-state index is 0.607. The van der Waals surface area contributed by atoms with E-state index in [0.717, 1.165) is 24.6 Å². The van der Waals surface area contributed by atoms with Gasteiger partial charge in [0.2, 0.25) is 0 Å². The first kappa shape index (κ1) is 13.5. The molecule has 0 bridgehead atoms. The summed E-state index contributed by atoms with van der Waals surface area (Å²) in [5, 5.41) is 6.92. The van der Waals surface area contributed by atoms with E-state index >= 15 is 0 Å². The molecule has 4 nitrogen and oxygen atoms in total. The smallest absolute Gasteiger partial charge is 0.0897 e. The molecule has 5 heteroatoms. The summed E-state index contributed by atoms with van der Waals surface area (Å²) in [4.78, 5) is 11.0. The quantitative estimate of drug-likeness (QED) is 0.939. The van der Waals surface area contributed by atoms with Crippen LogP contribution in [0.1, 0.15) is 23.5 Å². The van der Waals surface area contributed by atoms with E-state index in [1.165, 1.54) is 24.2 Å². The van der Waals surface area contributed by atoms with Crippen LogP contribution in [0.25, 0.3) is 0 Å². The summed E-state index contributed by atoms with van der Waals surface area (Å²) in [5.41, 5.74) is 2.46. The largest absolute Gasteiger partial charge is 0.371 e. The van der Waals surface area contributed by atoms with Gasteiger partial charge in [-0.3, -0.25) is 4.98 Å². The second-order valence-electron chi connectivity index (χ2n) is 5.21. The number of aromatic nitrogens is 2. The fourth-order valence-electron chi connectivity index (χ4n) is 2.64. The van der Waals surface area contributed by atoms with Gasteiger partial charge in [0.1, 0.15) is 0 Å². The van der Waals surface area contributed by atoms with Crippen LogP contribution in [-0.2, 0) is 6.54 Å². The normalized spacial score (nSPS) is 16.6. The standard InChI is InChI=1S/C15H20N4S/c1-12-18-14(11-20-12)10-17-13-4-8-19(9-5-13)15-2-6-16-7-3-15/h2-3,6-7,11,13,17H,4-5,8-10H2,1H3. The highest BCUT2D eigenvalue weighted by molar-refractivity contribution is 7.09. The van der Waals surface area contributed by atoms with Crippen molar-refractivity contribution >= 4 is 17.0 Å². The molecule has 0 radical (unpaired) electrons. The summed E-state index contributed by atoms with van der Waals surface area (Å²) in [5.74, 6) is 0. The fraction of sp³-hybridized carbons (Fsp3) is 0.467. The second-order valence-corrected chi connectivity index (χ2v) is 6.27. The Bertz CT molecular complexity index is 532. The van der Waals surface area contributed by atoms with Crippen molar-refractivity contribution in [3.05, 3.63) is 40.6 Å². The van der Waals surface area contributed by atoms with Crippen LogP contribution in [0, 0.1) is 6.92 Å². The van der Waals surface area contributed by atoms with E-state index in [1.54, 1.807) is 11.3 Å². The second kappa shape index (κ2) is 6.33. The highest BCUT2D eigenvalue weighted by Crippen LogP contribution is 2.19. The number of hydrogen-bond acceptors (Lipinski definition) is 5. The first-order valence-electron chi connectivity index (χ1n) is 7.10. The minimum Gasteiger partial charge on any atom is -0.371 e. The van der Waals surface area contributed by atoms with Gasteiger partial charge in [0, 0.05) is 49.1 Å². The Balaban J connectivity index is 1.47. The molecule has 0 spiro atoms. The van der Waals surface area contributed by atoms with Crippen molar-refractivity contribution in [3.8, 4) is 0 Å². The van der Waals surface area contributed by atoms with Crippen LogP contribution < -0.4 is 10.2 Å². The maximum absolute atomic E-state index is 4.50. The van der Waals surface area contributed by atoms with Crippen LogP contribution in [0.2, 0.25) is 0 Å². The summed E-state index contributed by atoms with van der Waals surface area (Å²) in [6, 6.07) is 4.78. The Labute approximate surface area is 123 Å². The number of piperidine rings is 1. The Hall–Kier alpha value is -1.46. The third-order valence-corrected chi connectivity index (χ3v) is 4.58. The van der Waals surface area contributed by atoms with Gasteiger partial charge in [0.15, 0.2) is 0 Å². The monoisotopic (exact) mass is 288 g/mol. The molecule has 3 rings (SSSR count). The average molecular weight is 288 g/mol. The average Bonchev–Trinajstić information content (AvgIpc) is 2.92. The number of thiazole rings is 1. The van der Waals surface area contributed by atoms with Gasteiger partial charge in [-0.25, -0.2) is 4.98 Å². The van der Waals surface area contributed by atoms with Crippen molar-refractivity contribution in [1.82, 2.24) is 15.3 Å². The van der Waals surface area contributed by atoms with Gasteiger partial charge >= 0.3 is 0 Å². The molecule has 1 N–H and O–H groups in total. The van der Waals surface area contributed by atoms with Crippen molar-refractivity contribution in [3.63, 3.8) is 0 Å². The third-order valence-electron chi connectivity index (χ3n) is 3.76. The molecular weight excluding hydrogens is 268 g/mol. The van der Waals surface area contributed by atoms with E-state index in [0.29, 0.717) is 6.04 Å². The number of nitrogens with one attached hydrogen (secondary N) is 1. The van der Waals surface area contributed by atoms with E-state index in [2.05, 4.69) is 44.6 Å². The van der Waals surface area contributed by atoms with Gasteiger partial charge in [-0.15, -0.1) is 11.3 Å². The zero-order valence-electron chi connectivity index (χ0n) is 11.7. The zero-order chi connectivity index (χ0) is 13.8. The summed E-state index contributed by atoms with van der Waals surface area (Å²) >= 11 is 1.72. The predicted octanol–water partition coefficient (Wildman–Crippen LogP) is 2.61. The lowest BCUT2D eigenvalue weighted by Gasteiger charge is -2.33. The SMILES string of the molecule is Cc1nc(CNC2CCN(c3ccncc3)CC2)cs1. The first-order chi connectivity index (χ1) is 9.81. The number of nitrogens with zero attached hydrogens (tertiary/aromatic N) is 3. The molecule has 0 aromatic carbocycles. The summed E-state index contributed by atoms with van der Waals surface area (Å²) in [6.07, 6.45) is 6.10. The number of rotatable bonds is 4. The van der Waals surface area contributed by atoms with E-state index in [9.17, 15) is 0 Å². The van der Waals surface area contributed by atoms with Crippen molar-refractivity contribution in [2.45, 2.75) is 32.4 Å². The topological polar surface area (TPSA) is 41.1 Å². The molecule has 1 saturated heterocycles. The summed E-state index contributed by atoms with van der Waals surface area (Å²) in [7, 11) is 0. The Morgan fingerprint density at radius 1 is 1.30 bits per heavy atom. The highest BCUT2D eigenvalue weighted by Gasteiger charge is 2.19. The van der Waals surface area contributed by atoms with E-state index in [4.69, 9.17) is 0 Å². The van der Waals surface area contributed by atoms with Crippen molar-refractivity contribution < 1.29 is 0 Å². The van der Waals surface area contributed by atoms with Crippen LogP contribution in [0.3, 0.4) is 0 Å². The van der Waals surface area contributed by atoms with E-state index in [1.807, 2.05) is 12.4 Å². The van der Waals surface area contributed by atoms with Gasteiger partial charge in [-0.05, 0) is 31.9 Å². The molecule has 1 fully saturated rings. The van der Waals surface area contributed by atoms with Crippen molar-refractivity contribution in [2.24, 2.45) is 0 Å². The number of anilines is 1. The number of pyridine rings is 1. The molecule has 0 amide bonds. The Kier molecular flexibility index (Phi) is 4.28. The van der Waals surface area contributed by atoms with E-state index in [-0.39, 0.29) is 0 Å². The number of hydrogen-bond donors (Lipinski definition) is 1. The maximum atomic E-state index is 4.50. The fourth-order valence-corrected chi connectivity index (χ4v) is 3.25. The van der Waals surface area contributed by atoms with Crippen molar-refractivity contribution in [1.29, 1.82) is 0 Å². The summed E-state index contributed by atoms with van der Waals surface area (Å²) in [6.45, 7) is 5.17. The van der Waals surface area contributed by atoms with Crippen LogP contribution >= 0.6 is 11.3 Å². The third kappa shape index (κ3) is 3.35. The molecule has 0 unspecified atom stereocenters. The predicted molar refractivity (Wildman–Crippen MR) is 83.2 cm³/mol. The molecular formula is C15H20N4S. The van der Waals surface area contributed by atoms with Gasteiger partial charge in [-0.1, -0.05) is 0 Å². The summed E-state index contributed by atoms with van der Waals surface area (Å²) < 4.78 is 0. The molecule has 1 aliphatic rings. The van der Waals surface area contributed by atoms with Crippen LogP contribution in [0.4, 0.5) is 5.69 Å². The van der Waals surface area contributed by atoms with Crippen molar-refractivity contribution in [2.75, 3.05) is 18.0 Å². The molecule has 20 heavy (non-hydrogen) atoms. The highest BCUT2D eigenvalue weighted by atomic mass is 32.1. The Morgan fingerprint density at radius 3 is 2.70 bits per heavy atom. The van der Waals surface area contributed by atoms with Crippen LogP contribution in [0.5, 0.6) is 0 Å². The molecule has 0 atom stereocenters. The molecule has 1 aliphatic heterocycles. The lowest BCUT2D eigenvalue weighted by Crippen LogP contribution is -2.42. The number of aryl methyl sites for hydroxylation is 1.